The van der Waals surface area contributed by atoms with E-state index in [0.717, 1.165) is 5.52 Å². The van der Waals surface area contributed by atoms with Gasteiger partial charge in [0.05, 0.1) is 5.52 Å². The van der Waals surface area contributed by atoms with E-state index in [0.29, 0.717) is 5.92 Å². The Morgan fingerprint density at radius 2 is 1.82 bits per heavy atom. The zero-order chi connectivity index (χ0) is 11.7. The summed E-state index contributed by atoms with van der Waals surface area (Å²) < 4.78 is 0. The molecule has 2 heterocycles. The van der Waals surface area contributed by atoms with E-state index in [2.05, 4.69) is 48.3 Å². The third-order valence-corrected chi connectivity index (χ3v) is 3.76. The highest BCUT2D eigenvalue weighted by Crippen LogP contribution is 2.27. The van der Waals surface area contributed by atoms with Crippen LogP contribution in [0.15, 0.2) is 36.4 Å². The summed E-state index contributed by atoms with van der Waals surface area (Å²) in [5.74, 6) is 0.649. The fourth-order valence-electron chi connectivity index (χ4n) is 2.61. The van der Waals surface area contributed by atoms with Crippen molar-refractivity contribution in [2.24, 2.45) is 0 Å². The molecule has 0 saturated carbocycles. The molecule has 2 aromatic rings. The molecule has 1 aliphatic rings. The Kier molecular flexibility index (Phi) is 2.81. The van der Waals surface area contributed by atoms with Crippen LogP contribution in [0, 0.1) is 0 Å². The van der Waals surface area contributed by atoms with Gasteiger partial charge in [-0.2, -0.15) is 0 Å². The second kappa shape index (κ2) is 4.46. The van der Waals surface area contributed by atoms with Gasteiger partial charge in [-0.05, 0) is 45.1 Å². The highest BCUT2D eigenvalue weighted by Gasteiger charge is 2.19. The lowest BCUT2D eigenvalue weighted by molar-refractivity contribution is 0.253. The molecule has 0 aliphatic carbocycles. The largest absolute Gasteiger partial charge is 0.306 e. The van der Waals surface area contributed by atoms with Crippen molar-refractivity contribution in [2.75, 3.05) is 20.1 Å². The Hall–Kier alpha value is -1.41. The monoisotopic (exact) mass is 226 g/mol. The third kappa shape index (κ3) is 2.18. The maximum absolute atomic E-state index is 4.81. The van der Waals surface area contributed by atoms with Crippen LogP contribution in [-0.2, 0) is 0 Å². The normalized spacial score (nSPS) is 18.6. The first-order chi connectivity index (χ1) is 8.33. The van der Waals surface area contributed by atoms with E-state index < -0.39 is 0 Å². The molecule has 2 heteroatoms. The van der Waals surface area contributed by atoms with Gasteiger partial charge in [0.25, 0.3) is 0 Å². The maximum atomic E-state index is 4.81. The third-order valence-electron chi connectivity index (χ3n) is 3.76. The molecular formula is C15H18N2. The molecule has 0 N–H and O–H groups in total. The first-order valence-corrected chi connectivity index (χ1v) is 6.37. The lowest BCUT2D eigenvalue weighted by atomic mass is 9.93. The van der Waals surface area contributed by atoms with E-state index in [4.69, 9.17) is 4.98 Å². The minimum atomic E-state index is 0.649. The van der Waals surface area contributed by atoms with Gasteiger partial charge in [-0.15, -0.1) is 0 Å². The summed E-state index contributed by atoms with van der Waals surface area (Å²) in [5, 5.41) is 1.24. The van der Waals surface area contributed by atoms with Gasteiger partial charge in [-0.3, -0.25) is 4.98 Å². The molecule has 0 amide bonds. The summed E-state index contributed by atoms with van der Waals surface area (Å²) in [4.78, 5) is 7.21. The number of fused-ring (bicyclic) bond motifs is 1. The van der Waals surface area contributed by atoms with Crippen LogP contribution in [0.3, 0.4) is 0 Å². The summed E-state index contributed by atoms with van der Waals surface area (Å²) in [7, 11) is 2.20. The maximum Gasteiger partial charge on any atom is 0.0705 e. The second-order valence-corrected chi connectivity index (χ2v) is 5.01. The number of likely N-dealkylation sites (tertiary alicyclic amines) is 1. The molecule has 1 aromatic carbocycles. The van der Waals surface area contributed by atoms with Gasteiger partial charge in [0.2, 0.25) is 0 Å². The number of rotatable bonds is 1. The van der Waals surface area contributed by atoms with Gasteiger partial charge in [0, 0.05) is 17.0 Å². The van der Waals surface area contributed by atoms with Crippen molar-refractivity contribution in [1.29, 1.82) is 0 Å². The van der Waals surface area contributed by atoms with Gasteiger partial charge >= 0.3 is 0 Å². The Bertz CT molecular complexity index is 513. The van der Waals surface area contributed by atoms with Crippen molar-refractivity contribution in [3.63, 3.8) is 0 Å². The quantitative estimate of drug-likeness (QED) is 0.743. The number of hydrogen-bond donors (Lipinski definition) is 0. The number of piperidine rings is 1. The molecule has 0 spiro atoms. The molecule has 1 aromatic heterocycles. The van der Waals surface area contributed by atoms with Crippen molar-refractivity contribution in [3.8, 4) is 0 Å². The predicted molar refractivity (Wildman–Crippen MR) is 71.2 cm³/mol. The fourth-order valence-corrected chi connectivity index (χ4v) is 2.61. The van der Waals surface area contributed by atoms with Crippen LogP contribution in [-0.4, -0.2) is 30.0 Å². The van der Waals surface area contributed by atoms with Crippen LogP contribution < -0.4 is 0 Å². The lowest BCUT2D eigenvalue weighted by Crippen LogP contribution is -2.29. The average Bonchev–Trinajstić information content (AvgIpc) is 2.39. The van der Waals surface area contributed by atoms with Gasteiger partial charge < -0.3 is 4.90 Å². The van der Waals surface area contributed by atoms with E-state index in [9.17, 15) is 0 Å². The Balaban J connectivity index is 1.90. The number of para-hydroxylation sites is 1. The van der Waals surface area contributed by atoms with E-state index >= 15 is 0 Å². The van der Waals surface area contributed by atoms with E-state index in [1.165, 1.54) is 37.0 Å². The Morgan fingerprint density at radius 3 is 2.65 bits per heavy atom. The average molecular weight is 226 g/mol. The smallest absolute Gasteiger partial charge is 0.0705 e. The molecule has 1 aliphatic heterocycles. The van der Waals surface area contributed by atoms with Crippen LogP contribution in [0.5, 0.6) is 0 Å². The highest BCUT2D eigenvalue weighted by molar-refractivity contribution is 5.78. The zero-order valence-electron chi connectivity index (χ0n) is 10.3. The van der Waals surface area contributed by atoms with E-state index in [1.54, 1.807) is 0 Å². The number of nitrogens with zero attached hydrogens (tertiary/aromatic N) is 2. The van der Waals surface area contributed by atoms with Crippen molar-refractivity contribution in [2.45, 2.75) is 18.8 Å². The molecule has 88 valence electrons. The van der Waals surface area contributed by atoms with Crippen LogP contribution in [0.25, 0.3) is 10.9 Å². The van der Waals surface area contributed by atoms with Crippen molar-refractivity contribution >= 4 is 10.9 Å². The topological polar surface area (TPSA) is 16.1 Å². The molecule has 0 bridgehead atoms. The first-order valence-electron chi connectivity index (χ1n) is 6.37. The van der Waals surface area contributed by atoms with Crippen molar-refractivity contribution in [1.82, 2.24) is 9.88 Å². The summed E-state index contributed by atoms with van der Waals surface area (Å²) in [5.41, 5.74) is 2.40. The molecule has 3 rings (SSSR count). The molecule has 0 radical (unpaired) electrons. The number of aromatic nitrogens is 1. The van der Waals surface area contributed by atoms with Crippen molar-refractivity contribution in [3.05, 3.63) is 42.1 Å². The summed E-state index contributed by atoms with van der Waals surface area (Å²) in [6.45, 7) is 2.39. The fraction of sp³-hybridized carbons (Fsp3) is 0.400. The predicted octanol–water partition coefficient (Wildman–Crippen LogP) is 3.04. The van der Waals surface area contributed by atoms with E-state index in [-0.39, 0.29) is 0 Å². The number of benzene rings is 1. The molecule has 1 saturated heterocycles. The number of hydrogen-bond acceptors (Lipinski definition) is 2. The molecule has 1 fully saturated rings. The van der Waals surface area contributed by atoms with Gasteiger partial charge in [-0.25, -0.2) is 0 Å². The molecule has 17 heavy (non-hydrogen) atoms. The second-order valence-electron chi connectivity index (χ2n) is 5.01. The molecule has 0 atom stereocenters. The zero-order valence-corrected chi connectivity index (χ0v) is 10.3. The molecular weight excluding hydrogens is 208 g/mol. The number of pyridine rings is 1. The minimum absolute atomic E-state index is 0.649. The van der Waals surface area contributed by atoms with Crippen molar-refractivity contribution < 1.29 is 0 Å². The van der Waals surface area contributed by atoms with Crippen LogP contribution in [0.4, 0.5) is 0 Å². The van der Waals surface area contributed by atoms with Crippen LogP contribution in [0.1, 0.15) is 24.5 Å². The first kappa shape index (κ1) is 10.7. The van der Waals surface area contributed by atoms with Gasteiger partial charge in [0.15, 0.2) is 0 Å². The SMILES string of the molecule is CN1CCC(c2ccc3ccccc3n2)CC1. The summed E-state index contributed by atoms with van der Waals surface area (Å²) >= 11 is 0. The van der Waals surface area contributed by atoms with Gasteiger partial charge in [0.1, 0.15) is 0 Å². The molecule has 2 nitrogen and oxygen atoms in total. The van der Waals surface area contributed by atoms with Crippen LogP contribution >= 0.6 is 0 Å². The lowest BCUT2D eigenvalue weighted by Gasteiger charge is -2.28. The minimum Gasteiger partial charge on any atom is -0.306 e. The summed E-state index contributed by atoms with van der Waals surface area (Å²) in [6, 6.07) is 12.8. The molecule has 0 unspecified atom stereocenters. The summed E-state index contributed by atoms with van der Waals surface area (Å²) in [6.07, 6.45) is 2.48. The van der Waals surface area contributed by atoms with Crippen LogP contribution in [0.2, 0.25) is 0 Å². The Labute approximate surface area is 102 Å². The van der Waals surface area contributed by atoms with Gasteiger partial charge in [-0.1, -0.05) is 24.3 Å². The Morgan fingerprint density at radius 1 is 1.06 bits per heavy atom. The standard InChI is InChI=1S/C15H18N2/c1-17-10-8-13(9-11-17)15-7-6-12-4-2-3-5-14(12)16-15/h2-7,13H,8-11H2,1H3. The highest BCUT2D eigenvalue weighted by atomic mass is 15.1. The van der Waals surface area contributed by atoms with E-state index in [1.807, 2.05) is 0 Å².